The van der Waals surface area contributed by atoms with Crippen LogP contribution in [0.1, 0.15) is 29.3 Å². The van der Waals surface area contributed by atoms with Crippen molar-refractivity contribution in [3.8, 4) is 0 Å². The van der Waals surface area contributed by atoms with Crippen LogP contribution in [0.15, 0.2) is 53.7 Å². The molecule has 8 heteroatoms. The third-order valence-electron chi connectivity index (χ3n) is 4.85. The van der Waals surface area contributed by atoms with Crippen LogP contribution in [0, 0.1) is 11.6 Å². The molecular formula is C21H18F2N4OS. The number of carbonyl (C=O) groups is 1. The fourth-order valence-electron chi connectivity index (χ4n) is 3.27. The molecule has 1 N–H and O–H groups in total. The topological polar surface area (TPSA) is 58.1 Å². The lowest BCUT2D eigenvalue weighted by Gasteiger charge is -2.29. The number of thiazole rings is 1. The quantitative estimate of drug-likeness (QED) is 0.672. The van der Waals surface area contributed by atoms with Crippen molar-refractivity contribution in [2.24, 2.45) is 0 Å². The molecule has 2 aromatic heterocycles. The second kappa shape index (κ2) is 8.08. The van der Waals surface area contributed by atoms with Crippen molar-refractivity contribution in [1.29, 1.82) is 0 Å². The first-order valence-electron chi connectivity index (χ1n) is 9.08. The molecule has 5 nitrogen and oxygen atoms in total. The second-order valence-electron chi connectivity index (χ2n) is 6.73. The molecule has 0 atom stereocenters. The molecule has 1 aliphatic heterocycles. The van der Waals surface area contributed by atoms with Gasteiger partial charge in [-0.1, -0.05) is 11.6 Å². The fourth-order valence-corrected chi connectivity index (χ4v) is 3.94. The molecule has 0 saturated heterocycles. The second-order valence-corrected chi connectivity index (χ2v) is 7.60. The SMILES string of the molecule is CC1=C(c2ccc(NC(=O)c3c(F)cccc3F)nc2)CN(c2nccs2)CC1. The first kappa shape index (κ1) is 19.2. The van der Waals surface area contributed by atoms with Gasteiger partial charge >= 0.3 is 0 Å². The van der Waals surface area contributed by atoms with Gasteiger partial charge in [0.25, 0.3) is 5.91 Å². The van der Waals surface area contributed by atoms with Gasteiger partial charge in [0.1, 0.15) is 23.0 Å². The van der Waals surface area contributed by atoms with Crippen LogP contribution < -0.4 is 10.2 Å². The van der Waals surface area contributed by atoms with Crippen LogP contribution in [-0.2, 0) is 0 Å². The molecule has 0 spiro atoms. The third-order valence-corrected chi connectivity index (χ3v) is 5.69. The number of aromatic nitrogens is 2. The number of anilines is 2. The molecule has 1 aliphatic rings. The largest absolute Gasteiger partial charge is 0.343 e. The molecule has 148 valence electrons. The zero-order valence-electron chi connectivity index (χ0n) is 15.7. The standard InChI is InChI=1S/C21H18F2N4OS/c1-13-7-9-27(21-24-8-10-29-21)12-15(13)14-5-6-18(25-11-14)26-20(28)19-16(22)3-2-4-17(19)23/h2-6,8,10-11H,7,9,12H2,1H3,(H,25,26,28). The van der Waals surface area contributed by atoms with E-state index in [4.69, 9.17) is 0 Å². The van der Waals surface area contributed by atoms with Crippen molar-refractivity contribution in [1.82, 2.24) is 9.97 Å². The predicted octanol–water partition coefficient (Wildman–Crippen LogP) is 4.75. The average molecular weight is 412 g/mol. The number of nitrogens with zero attached hydrogens (tertiary/aromatic N) is 3. The van der Waals surface area contributed by atoms with E-state index in [1.165, 1.54) is 11.6 Å². The number of benzene rings is 1. The van der Waals surface area contributed by atoms with Crippen molar-refractivity contribution in [3.05, 3.63) is 76.4 Å². The smallest absolute Gasteiger partial charge is 0.262 e. The Morgan fingerprint density at radius 2 is 1.97 bits per heavy atom. The van der Waals surface area contributed by atoms with Gasteiger partial charge in [0.15, 0.2) is 5.13 Å². The Balaban J connectivity index is 1.51. The lowest BCUT2D eigenvalue weighted by Crippen LogP contribution is -2.30. The molecule has 0 saturated carbocycles. The Kier molecular flexibility index (Phi) is 5.35. The van der Waals surface area contributed by atoms with Crippen LogP contribution in [0.4, 0.5) is 19.7 Å². The first-order chi connectivity index (χ1) is 14.0. The highest BCUT2D eigenvalue weighted by Gasteiger charge is 2.21. The Hall–Kier alpha value is -3.13. The van der Waals surface area contributed by atoms with E-state index in [2.05, 4.69) is 27.1 Å². The van der Waals surface area contributed by atoms with Crippen molar-refractivity contribution in [2.45, 2.75) is 13.3 Å². The molecule has 3 heterocycles. The zero-order valence-corrected chi connectivity index (χ0v) is 16.5. The number of halogens is 2. The Morgan fingerprint density at radius 1 is 1.17 bits per heavy atom. The van der Waals surface area contributed by atoms with Crippen LogP contribution in [0.5, 0.6) is 0 Å². The molecule has 0 unspecified atom stereocenters. The Bertz CT molecular complexity index is 1040. The molecule has 0 radical (unpaired) electrons. The van der Waals surface area contributed by atoms with Crippen LogP contribution in [0.3, 0.4) is 0 Å². The highest BCUT2D eigenvalue weighted by atomic mass is 32.1. The van der Waals surface area contributed by atoms with Gasteiger partial charge < -0.3 is 10.2 Å². The summed E-state index contributed by atoms with van der Waals surface area (Å²) < 4.78 is 27.5. The van der Waals surface area contributed by atoms with Crippen LogP contribution in [-0.4, -0.2) is 29.0 Å². The molecule has 29 heavy (non-hydrogen) atoms. The van der Waals surface area contributed by atoms with E-state index in [0.29, 0.717) is 0 Å². The van der Waals surface area contributed by atoms with Gasteiger partial charge in [-0.15, -0.1) is 11.3 Å². The summed E-state index contributed by atoms with van der Waals surface area (Å²) >= 11 is 1.61. The monoisotopic (exact) mass is 412 g/mol. The van der Waals surface area contributed by atoms with Crippen molar-refractivity contribution < 1.29 is 13.6 Å². The third kappa shape index (κ3) is 4.02. The van der Waals surface area contributed by atoms with Crippen LogP contribution in [0.25, 0.3) is 5.57 Å². The van der Waals surface area contributed by atoms with Crippen LogP contribution in [0.2, 0.25) is 0 Å². The molecule has 1 aromatic carbocycles. The number of rotatable bonds is 4. The minimum atomic E-state index is -0.913. The Morgan fingerprint density at radius 3 is 2.62 bits per heavy atom. The van der Waals surface area contributed by atoms with Gasteiger partial charge in [0, 0.05) is 30.9 Å². The zero-order chi connectivity index (χ0) is 20.4. The number of carbonyl (C=O) groups excluding carboxylic acids is 1. The van der Waals surface area contributed by atoms with Gasteiger partial charge in [-0.3, -0.25) is 4.79 Å². The summed E-state index contributed by atoms with van der Waals surface area (Å²) in [6, 6.07) is 6.78. The van der Waals surface area contributed by atoms with Gasteiger partial charge in [-0.05, 0) is 48.7 Å². The van der Waals surface area contributed by atoms with Crippen molar-refractivity contribution in [3.63, 3.8) is 0 Å². The number of hydrogen-bond acceptors (Lipinski definition) is 5. The minimum Gasteiger partial charge on any atom is -0.343 e. The fraction of sp³-hybridized carbons (Fsp3) is 0.190. The van der Waals surface area contributed by atoms with Gasteiger partial charge in [0.2, 0.25) is 0 Å². The maximum absolute atomic E-state index is 13.8. The lowest BCUT2D eigenvalue weighted by molar-refractivity contribution is 0.101. The summed E-state index contributed by atoms with van der Waals surface area (Å²) in [4.78, 5) is 23.1. The van der Waals surface area contributed by atoms with E-state index in [1.807, 2.05) is 11.4 Å². The summed E-state index contributed by atoms with van der Waals surface area (Å²) in [6.07, 6.45) is 4.39. The number of nitrogens with one attached hydrogen (secondary N) is 1. The van der Waals surface area contributed by atoms with E-state index in [1.54, 1.807) is 29.8 Å². The summed E-state index contributed by atoms with van der Waals surface area (Å²) in [5.41, 5.74) is 2.77. The summed E-state index contributed by atoms with van der Waals surface area (Å²) in [6.45, 7) is 3.75. The van der Waals surface area contributed by atoms with Crippen LogP contribution >= 0.6 is 11.3 Å². The molecule has 0 aliphatic carbocycles. The van der Waals surface area contributed by atoms with E-state index in [9.17, 15) is 13.6 Å². The summed E-state index contributed by atoms with van der Waals surface area (Å²) in [5, 5.41) is 5.39. The minimum absolute atomic E-state index is 0.229. The first-order valence-corrected chi connectivity index (χ1v) is 9.96. The average Bonchev–Trinajstić information content (AvgIpc) is 3.24. The number of hydrogen-bond donors (Lipinski definition) is 1. The molecule has 0 fully saturated rings. The molecule has 3 aromatic rings. The maximum atomic E-state index is 13.8. The van der Waals surface area contributed by atoms with Gasteiger partial charge in [0.05, 0.1) is 0 Å². The van der Waals surface area contributed by atoms with E-state index >= 15 is 0 Å². The lowest BCUT2D eigenvalue weighted by atomic mass is 9.96. The highest BCUT2D eigenvalue weighted by Crippen LogP contribution is 2.30. The number of amides is 1. The van der Waals surface area contributed by atoms with E-state index < -0.39 is 23.1 Å². The van der Waals surface area contributed by atoms with Gasteiger partial charge in [-0.25, -0.2) is 18.7 Å². The molecule has 4 rings (SSSR count). The number of pyridine rings is 1. The van der Waals surface area contributed by atoms with Gasteiger partial charge in [-0.2, -0.15) is 0 Å². The molecular weight excluding hydrogens is 394 g/mol. The Labute approximate surface area is 170 Å². The van der Waals surface area contributed by atoms with Crippen molar-refractivity contribution >= 4 is 33.8 Å². The molecule has 1 amide bonds. The highest BCUT2D eigenvalue weighted by molar-refractivity contribution is 7.13. The molecule has 0 bridgehead atoms. The van der Waals surface area contributed by atoms with Crippen molar-refractivity contribution in [2.75, 3.05) is 23.3 Å². The van der Waals surface area contributed by atoms with E-state index in [-0.39, 0.29) is 5.82 Å². The normalized spacial score (nSPS) is 14.2. The van der Waals surface area contributed by atoms with E-state index in [0.717, 1.165) is 47.9 Å². The predicted molar refractivity (Wildman–Crippen MR) is 110 cm³/mol. The summed E-state index contributed by atoms with van der Waals surface area (Å²) in [7, 11) is 0. The maximum Gasteiger partial charge on any atom is 0.262 e. The summed E-state index contributed by atoms with van der Waals surface area (Å²) in [5.74, 6) is -2.47.